The van der Waals surface area contributed by atoms with Gasteiger partial charge in [-0.3, -0.25) is 9.59 Å². The van der Waals surface area contributed by atoms with E-state index in [0.717, 1.165) is 19.3 Å². The van der Waals surface area contributed by atoms with Crippen molar-refractivity contribution >= 4 is 11.9 Å². The summed E-state index contributed by atoms with van der Waals surface area (Å²) in [5, 5.41) is 18.9. The highest BCUT2D eigenvalue weighted by atomic mass is 16.4. The molecule has 0 atom stereocenters. The van der Waals surface area contributed by atoms with Crippen LogP contribution in [-0.2, 0) is 22.7 Å². The molecule has 0 saturated heterocycles. The zero-order valence-electron chi connectivity index (χ0n) is 11.2. The normalized spacial score (nSPS) is 14.7. The molecule has 0 bridgehead atoms. The van der Waals surface area contributed by atoms with Gasteiger partial charge in [0.15, 0.2) is 0 Å². The van der Waals surface area contributed by atoms with Crippen LogP contribution in [0.4, 0.5) is 0 Å². The largest absolute Gasteiger partial charge is 0.480 e. The van der Waals surface area contributed by atoms with Crippen LogP contribution in [0, 0.1) is 0 Å². The third-order valence-corrected chi connectivity index (χ3v) is 3.12. The number of hydrogen-bond acceptors (Lipinski definition) is 4. The molecule has 1 amide bonds. The summed E-state index contributed by atoms with van der Waals surface area (Å²) in [6, 6.07) is 0. The Bertz CT molecular complexity index is 521. The number of amides is 1. The smallest absolute Gasteiger partial charge is 0.325 e. The maximum Gasteiger partial charge on any atom is 0.325 e. The van der Waals surface area contributed by atoms with Crippen molar-refractivity contribution in [3.8, 4) is 0 Å². The molecule has 0 saturated carbocycles. The van der Waals surface area contributed by atoms with Crippen molar-refractivity contribution in [1.29, 1.82) is 0 Å². The van der Waals surface area contributed by atoms with Crippen LogP contribution in [0.5, 0.6) is 0 Å². The van der Waals surface area contributed by atoms with E-state index in [-0.39, 0.29) is 19.0 Å². The van der Waals surface area contributed by atoms with Crippen molar-refractivity contribution in [3.05, 3.63) is 23.5 Å². The standard InChI is InChI=1S/C13H18N4O3/c18-12(6-10-4-2-1-3-5-10)14-7-11-8-17(16-15-11)9-13(19)20/h4,8H,1-3,5-7,9H2,(H,14,18)(H,19,20). The number of nitrogens with one attached hydrogen (secondary N) is 1. The summed E-state index contributed by atoms with van der Waals surface area (Å²) in [6.45, 7) is 0.0412. The second-order valence-corrected chi connectivity index (χ2v) is 4.86. The first kappa shape index (κ1) is 14.2. The maximum absolute atomic E-state index is 11.8. The van der Waals surface area contributed by atoms with Crippen molar-refractivity contribution in [2.24, 2.45) is 0 Å². The Labute approximate surface area is 116 Å². The molecule has 20 heavy (non-hydrogen) atoms. The van der Waals surface area contributed by atoms with Crippen LogP contribution in [0.3, 0.4) is 0 Å². The zero-order chi connectivity index (χ0) is 14.4. The highest BCUT2D eigenvalue weighted by molar-refractivity contribution is 5.78. The average molecular weight is 278 g/mol. The van der Waals surface area contributed by atoms with Crippen LogP contribution in [0.2, 0.25) is 0 Å². The predicted molar refractivity (Wildman–Crippen MR) is 70.7 cm³/mol. The Morgan fingerprint density at radius 2 is 2.25 bits per heavy atom. The van der Waals surface area contributed by atoms with Gasteiger partial charge < -0.3 is 10.4 Å². The number of hydrogen-bond donors (Lipinski definition) is 2. The van der Waals surface area contributed by atoms with Crippen molar-refractivity contribution < 1.29 is 14.7 Å². The van der Waals surface area contributed by atoms with Crippen molar-refractivity contribution in [2.75, 3.05) is 0 Å². The van der Waals surface area contributed by atoms with Crippen LogP contribution in [-0.4, -0.2) is 32.0 Å². The van der Waals surface area contributed by atoms with E-state index >= 15 is 0 Å². The molecule has 0 unspecified atom stereocenters. The lowest BCUT2D eigenvalue weighted by Crippen LogP contribution is -2.23. The summed E-state index contributed by atoms with van der Waals surface area (Å²) in [5.74, 6) is -1.01. The van der Waals surface area contributed by atoms with E-state index in [4.69, 9.17) is 5.11 Å². The van der Waals surface area contributed by atoms with E-state index in [0.29, 0.717) is 12.1 Å². The van der Waals surface area contributed by atoms with Crippen LogP contribution >= 0.6 is 0 Å². The number of aromatic nitrogens is 3. The number of carboxylic acid groups (broad SMARTS) is 1. The molecule has 1 heterocycles. The number of carbonyl (C=O) groups excluding carboxylic acids is 1. The van der Waals surface area contributed by atoms with Crippen LogP contribution in [0.25, 0.3) is 0 Å². The van der Waals surface area contributed by atoms with Crippen LogP contribution in [0.15, 0.2) is 17.8 Å². The topological polar surface area (TPSA) is 97.1 Å². The minimum atomic E-state index is -0.977. The fraction of sp³-hybridized carbons (Fsp3) is 0.538. The van der Waals surface area contributed by atoms with E-state index in [9.17, 15) is 9.59 Å². The van der Waals surface area contributed by atoms with Gasteiger partial charge in [0, 0.05) is 6.42 Å². The molecular weight excluding hydrogens is 260 g/mol. The van der Waals surface area contributed by atoms with Crippen molar-refractivity contribution in [3.63, 3.8) is 0 Å². The summed E-state index contributed by atoms with van der Waals surface area (Å²) >= 11 is 0. The van der Waals surface area contributed by atoms with Crippen molar-refractivity contribution in [2.45, 2.75) is 45.2 Å². The lowest BCUT2D eigenvalue weighted by Gasteiger charge is -2.12. The number of nitrogens with zero attached hydrogens (tertiary/aromatic N) is 3. The number of carboxylic acids is 1. The Hall–Kier alpha value is -2.18. The van der Waals surface area contributed by atoms with Crippen LogP contribution in [0.1, 0.15) is 37.8 Å². The molecule has 1 aromatic rings. The lowest BCUT2D eigenvalue weighted by molar-refractivity contribution is -0.138. The van der Waals surface area contributed by atoms with Crippen molar-refractivity contribution in [1.82, 2.24) is 20.3 Å². The van der Waals surface area contributed by atoms with Gasteiger partial charge in [0.2, 0.25) is 5.91 Å². The zero-order valence-corrected chi connectivity index (χ0v) is 11.2. The summed E-state index contributed by atoms with van der Waals surface area (Å²) in [5.41, 5.74) is 1.75. The summed E-state index contributed by atoms with van der Waals surface area (Å²) < 4.78 is 1.23. The lowest BCUT2D eigenvalue weighted by atomic mass is 9.97. The highest BCUT2D eigenvalue weighted by Gasteiger charge is 2.10. The second-order valence-electron chi connectivity index (χ2n) is 4.86. The highest BCUT2D eigenvalue weighted by Crippen LogP contribution is 2.19. The number of allylic oxidation sites excluding steroid dienone is 1. The molecule has 0 spiro atoms. The average Bonchev–Trinajstić information content (AvgIpc) is 2.84. The van der Waals surface area contributed by atoms with E-state index in [2.05, 4.69) is 21.7 Å². The Morgan fingerprint density at radius 1 is 1.40 bits per heavy atom. The first-order valence-corrected chi connectivity index (χ1v) is 6.69. The van der Waals surface area contributed by atoms with Crippen LogP contribution < -0.4 is 5.32 Å². The summed E-state index contributed by atoms with van der Waals surface area (Å²) in [6.07, 6.45) is 8.53. The number of carbonyl (C=O) groups is 2. The predicted octanol–water partition coefficient (Wildman–Crippen LogP) is 0.869. The fourth-order valence-corrected chi connectivity index (χ4v) is 2.16. The van der Waals surface area contributed by atoms with E-state index < -0.39 is 5.97 Å². The summed E-state index contributed by atoms with van der Waals surface area (Å²) in [7, 11) is 0. The van der Waals surface area contributed by atoms with Gasteiger partial charge >= 0.3 is 5.97 Å². The molecule has 7 heteroatoms. The maximum atomic E-state index is 11.8. The first-order valence-electron chi connectivity index (χ1n) is 6.69. The molecule has 2 N–H and O–H groups in total. The molecule has 7 nitrogen and oxygen atoms in total. The third kappa shape index (κ3) is 4.49. The molecule has 0 aromatic carbocycles. The third-order valence-electron chi connectivity index (χ3n) is 3.12. The first-order chi connectivity index (χ1) is 9.63. The molecule has 2 rings (SSSR count). The molecule has 0 fully saturated rings. The van der Waals surface area contributed by atoms with Gasteiger partial charge in [-0.25, -0.2) is 4.68 Å². The van der Waals surface area contributed by atoms with E-state index in [1.807, 2.05) is 0 Å². The number of aliphatic carboxylic acids is 1. The fourth-order valence-electron chi connectivity index (χ4n) is 2.16. The van der Waals surface area contributed by atoms with Gasteiger partial charge in [0.05, 0.1) is 12.7 Å². The minimum Gasteiger partial charge on any atom is -0.480 e. The SMILES string of the molecule is O=C(O)Cn1cc(CNC(=O)CC2=CCCCC2)nn1. The van der Waals surface area contributed by atoms with Gasteiger partial charge in [-0.05, 0) is 25.7 Å². The monoisotopic (exact) mass is 278 g/mol. The molecule has 1 aromatic heterocycles. The molecule has 1 aliphatic rings. The van der Waals surface area contributed by atoms with Gasteiger partial charge in [-0.2, -0.15) is 0 Å². The summed E-state index contributed by atoms with van der Waals surface area (Å²) in [4.78, 5) is 22.3. The Morgan fingerprint density at radius 3 is 2.95 bits per heavy atom. The number of rotatable bonds is 6. The van der Waals surface area contributed by atoms with Gasteiger partial charge in [-0.1, -0.05) is 16.9 Å². The molecule has 1 aliphatic carbocycles. The molecule has 108 valence electrons. The molecule has 0 aliphatic heterocycles. The molecular formula is C13H18N4O3. The second kappa shape index (κ2) is 6.83. The Kier molecular flexibility index (Phi) is 4.86. The molecule has 0 radical (unpaired) electrons. The van der Waals surface area contributed by atoms with E-state index in [1.165, 1.54) is 22.9 Å². The van der Waals surface area contributed by atoms with E-state index in [1.54, 1.807) is 0 Å². The van der Waals surface area contributed by atoms with Gasteiger partial charge in [0.25, 0.3) is 0 Å². The minimum absolute atomic E-state index is 0.0362. The quantitative estimate of drug-likeness (QED) is 0.752. The Balaban J connectivity index is 1.76. The van der Waals surface area contributed by atoms with Gasteiger partial charge in [0.1, 0.15) is 12.2 Å². The van der Waals surface area contributed by atoms with Gasteiger partial charge in [-0.15, -0.1) is 5.10 Å².